The molecule has 1 aromatic carbocycles. The Hall–Kier alpha value is -4.18. The van der Waals surface area contributed by atoms with Crippen molar-refractivity contribution in [2.24, 2.45) is 12.0 Å². The van der Waals surface area contributed by atoms with Gasteiger partial charge in [-0.1, -0.05) is 33.8 Å². The molecule has 1 amide bonds. The van der Waals surface area contributed by atoms with Crippen molar-refractivity contribution in [3.63, 3.8) is 0 Å². The summed E-state index contributed by atoms with van der Waals surface area (Å²) < 4.78 is 12.7. The number of hydrogen-bond acceptors (Lipinski definition) is 7. The van der Waals surface area contributed by atoms with Gasteiger partial charge >= 0.3 is 6.09 Å². The molecule has 0 radical (unpaired) electrons. The molecule has 0 spiro atoms. The summed E-state index contributed by atoms with van der Waals surface area (Å²) in [4.78, 5) is 35.3. The van der Waals surface area contributed by atoms with Crippen molar-refractivity contribution in [2.45, 2.75) is 53.6 Å². The maximum atomic E-state index is 12.2. The molecule has 1 fully saturated rings. The Kier molecular flexibility index (Phi) is 14.3. The Morgan fingerprint density at radius 2 is 1.71 bits per heavy atom. The lowest BCUT2D eigenvalue weighted by molar-refractivity contribution is 0.114. The molecular weight excluding hydrogens is 532 g/mol. The number of aliphatic imine (C=N–C) groups is 1. The number of aromatic nitrogens is 2. The SMILES string of the molecule is CC.CC.CCOC(=O)NC(=NC)Nc1ccc(-c2ccn(C)c(=O)c2)cc1-c1ccc(OC2CCN(C)CC2)cn1. The van der Waals surface area contributed by atoms with Crippen LogP contribution in [0.5, 0.6) is 5.75 Å². The number of nitrogens with one attached hydrogen (secondary N) is 2. The molecular formula is C32H46N6O4. The van der Waals surface area contributed by atoms with Gasteiger partial charge in [-0.05, 0) is 68.3 Å². The quantitative estimate of drug-likeness (QED) is 0.282. The Morgan fingerprint density at radius 1 is 1.02 bits per heavy atom. The number of rotatable bonds is 6. The highest BCUT2D eigenvalue weighted by Gasteiger charge is 2.19. The maximum Gasteiger partial charge on any atom is 0.413 e. The van der Waals surface area contributed by atoms with E-state index in [1.165, 1.54) is 4.57 Å². The second kappa shape index (κ2) is 17.6. The lowest BCUT2D eigenvalue weighted by Gasteiger charge is -2.29. The number of aryl methyl sites for hydroxylation is 1. The van der Waals surface area contributed by atoms with Gasteiger partial charge in [0.25, 0.3) is 5.56 Å². The van der Waals surface area contributed by atoms with Crippen LogP contribution in [-0.4, -0.2) is 66.4 Å². The zero-order valence-corrected chi connectivity index (χ0v) is 26.2. The minimum absolute atomic E-state index is 0.0983. The number of carbonyl (C=O) groups excluding carboxylic acids is 1. The van der Waals surface area contributed by atoms with Gasteiger partial charge in [0.15, 0.2) is 0 Å². The van der Waals surface area contributed by atoms with Crippen molar-refractivity contribution in [1.29, 1.82) is 0 Å². The van der Waals surface area contributed by atoms with Crippen LogP contribution in [0.2, 0.25) is 0 Å². The third-order valence-corrected chi connectivity index (χ3v) is 6.41. The van der Waals surface area contributed by atoms with Gasteiger partial charge in [-0.15, -0.1) is 0 Å². The van der Waals surface area contributed by atoms with Crippen molar-refractivity contribution in [2.75, 3.05) is 39.1 Å². The molecule has 1 aliphatic rings. The van der Waals surface area contributed by atoms with Gasteiger partial charge in [0.1, 0.15) is 11.9 Å². The molecule has 2 aromatic heterocycles. The summed E-state index contributed by atoms with van der Waals surface area (Å²) in [5, 5.41) is 5.77. The monoisotopic (exact) mass is 578 g/mol. The number of alkyl carbamates (subject to hydrolysis) is 1. The normalized spacial score (nSPS) is 13.6. The first-order valence-corrected chi connectivity index (χ1v) is 14.7. The summed E-state index contributed by atoms with van der Waals surface area (Å²) in [6.07, 6.45) is 5.01. The zero-order chi connectivity index (χ0) is 31.1. The van der Waals surface area contributed by atoms with Crippen LogP contribution in [0.4, 0.5) is 10.5 Å². The van der Waals surface area contributed by atoms with E-state index < -0.39 is 6.09 Å². The topological polar surface area (TPSA) is 110 Å². The lowest BCUT2D eigenvalue weighted by atomic mass is 10.0. The molecule has 1 saturated heterocycles. The van der Waals surface area contributed by atoms with E-state index in [0.29, 0.717) is 11.4 Å². The van der Waals surface area contributed by atoms with E-state index in [-0.39, 0.29) is 24.2 Å². The third kappa shape index (κ3) is 9.73. The highest BCUT2D eigenvalue weighted by Crippen LogP contribution is 2.32. The van der Waals surface area contributed by atoms with E-state index in [4.69, 9.17) is 9.47 Å². The zero-order valence-electron chi connectivity index (χ0n) is 26.2. The average Bonchev–Trinajstić information content (AvgIpc) is 3.02. The molecule has 228 valence electrons. The van der Waals surface area contributed by atoms with Crippen molar-refractivity contribution in [3.05, 3.63) is 65.2 Å². The van der Waals surface area contributed by atoms with Crippen molar-refractivity contribution in [3.8, 4) is 28.1 Å². The van der Waals surface area contributed by atoms with E-state index >= 15 is 0 Å². The van der Waals surface area contributed by atoms with E-state index in [1.807, 2.05) is 64.1 Å². The molecule has 0 atom stereocenters. The first kappa shape index (κ1) is 34.0. The standard InChI is InChI=1S/C28H34N6O4.2C2H6/c1-5-37-28(36)32-27(29-2)31-25-8-6-19(20-10-15-34(4)26(35)17-20)16-23(25)24-9-7-22(18-30-24)38-21-11-13-33(3)14-12-21;2*1-2/h6-10,15-18,21H,5,11-14H2,1-4H3,(H2,29,31,32,36);2*1-2H3. The van der Waals surface area contributed by atoms with Crippen molar-refractivity contribution >= 4 is 17.7 Å². The summed E-state index contributed by atoms with van der Waals surface area (Å²) in [7, 11) is 5.40. The number of hydrogen-bond donors (Lipinski definition) is 2. The van der Waals surface area contributed by atoms with Gasteiger partial charge in [0.2, 0.25) is 5.96 Å². The number of anilines is 1. The molecule has 1 aliphatic heterocycles. The molecule has 0 unspecified atom stereocenters. The smallest absolute Gasteiger partial charge is 0.413 e. The highest BCUT2D eigenvalue weighted by atomic mass is 16.5. The van der Waals surface area contributed by atoms with Gasteiger partial charge in [0.05, 0.1) is 24.2 Å². The van der Waals surface area contributed by atoms with Crippen LogP contribution in [-0.2, 0) is 11.8 Å². The number of carbonyl (C=O) groups is 1. The Labute approximate surface area is 249 Å². The summed E-state index contributed by atoms with van der Waals surface area (Å²) in [6.45, 7) is 12.0. The third-order valence-electron chi connectivity index (χ3n) is 6.41. The first-order valence-electron chi connectivity index (χ1n) is 14.7. The number of nitrogens with zero attached hydrogens (tertiary/aromatic N) is 4. The van der Waals surface area contributed by atoms with Crippen molar-refractivity contribution < 1.29 is 14.3 Å². The molecule has 10 heteroatoms. The molecule has 0 aliphatic carbocycles. The fraction of sp³-hybridized carbons (Fsp3) is 0.438. The van der Waals surface area contributed by atoms with Crippen LogP contribution in [0.3, 0.4) is 0 Å². The second-order valence-corrected chi connectivity index (χ2v) is 9.17. The Bertz CT molecular complexity index is 1350. The minimum Gasteiger partial charge on any atom is -0.489 e. The second-order valence-electron chi connectivity index (χ2n) is 9.17. The van der Waals surface area contributed by atoms with Gasteiger partial charge in [0, 0.05) is 45.0 Å². The van der Waals surface area contributed by atoms with Crippen LogP contribution >= 0.6 is 0 Å². The molecule has 10 nitrogen and oxygen atoms in total. The van der Waals surface area contributed by atoms with Crippen molar-refractivity contribution in [1.82, 2.24) is 19.8 Å². The summed E-state index contributed by atoms with van der Waals surface area (Å²) in [5.74, 6) is 0.952. The first-order chi connectivity index (χ1) is 20.4. The number of guanidine groups is 1. The Balaban J connectivity index is 0.00000148. The fourth-order valence-corrected chi connectivity index (χ4v) is 4.21. The number of likely N-dealkylation sites (tertiary alicyclic amines) is 1. The predicted octanol–water partition coefficient (Wildman–Crippen LogP) is 5.78. The number of benzene rings is 1. The highest BCUT2D eigenvalue weighted by molar-refractivity contribution is 6.04. The summed E-state index contributed by atoms with van der Waals surface area (Å²) in [6, 6.07) is 13.0. The predicted molar refractivity (Wildman–Crippen MR) is 171 cm³/mol. The van der Waals surface area contributed by atoms with Crippen LogP contribution < -0.4 is 20.9 Å². The molecule has 3 aromatic rings. The average molecular weight is 579 g/mol. The largest absolute Gasteiger partial charge is 0.489 e. The fourth-order valence-electron chi connectivity index (χ4n) is 4.21. The van der Waals surface area contributed by atoms with E-state index in [1.54, 1.807) is 39.5 Å². The molecule has 42 heavy (non-hydrogen) atoms. The van der Waals surface area contributed by atoms with Gasteiger partial charge in [-0.3, -0.25) is 20.1 Å². The van der Waals surface area contributed by atoms with E-state index in [2.05, 4.69) is 32.6 Å². The van der Waals surface area contributed by atoms with Crippen LogP contribution in [0, 0.1) is 0 Å². The number of amides is 1. The van der Waals surface area contributed by atoms with Crippen LogP contribution in [0.15, 0.2) is 64.6 Å². The Morgan fingerprint density at radius 3 is 2.31 bits per heavy atom. The van der Waals surface area contributed by atoms with E-state index in [9.17, 15) is 9.59 Å². The van der Waals surface area contributed by atoms with Crippen LogP contribution in [0.25, 0.3) is 22.4 Å². The van der Waals surface area contributed by atoms with Gasteiger partial charge in [-0.25, -0.2) is 4.79 Å². The lowest BCUT2D eigenvalue weighted by Crippen LogP contribution is -2.36. The van der Waals surface area contributed by atoms with Gasteiger partial charge in [-0.2, -0.15) is 0 Å². The van der Waals surface area contributed by atoms with E-state index in [0.717, 1.165) is 48.4 Å². The minimum atomic E-state index is -0.604. The number of pyridine rings is 2. The molecule has 4 rings (SSSR count). The van der Waals surface area contributed by atoms with Crippen LogP contribution in [0.1, 0.15) is 47.5 Å². The molecule has 0 saturated carbocycles. The number of piperidine rings is 1. The number of ether oxygens (including phenoxy) is 2. The molecule has 3 heterocycles. The summed E-state index contributed by atoms with van der Waals surface area (Å²) in [5.41, 5.74) is 3.67. The maximum absolute atomic E-state index is 12.2. The molecule has 2 N–H and O–H groups in total. The van der Waals surface area contributed by atoms with Gasteiger partial charge < -0.3 is 24.3 Å². The molecule has 0 bridgehead atoms. The summed E-state index contributed by atoms with van der Waals surface area (Å²) >= 11 is 0.